The van der Waals surface area contributed by atoms with Crippen LogP contribution in [0.5, 0.6) is 5.75 Å². The van der Waals surface area contributed by atoms with E-state index < -0.39 is 11.6 Å². The number of ether oxygens (including phenoxy) is 1. The topological polar surface area (TPSA) is 34.1 Å². The van der Waals surface area contributed by atoms with Gasteiger partial charge in [0.1, 0.15) is 0 Å². The molecule has 0 aliphatic heterocycles. The van der Waals surface area contributed by atoms with E-state index in [-0.39, 0.29) is 11.6 Å². The van der Waals surface area contributed by atoms with Gasteiger partial charge in [-0.15, -0.1) is 0 Å². The second-order valence-corrected chi connectivity index (χ2v) is 4.62. The summed E-state index contributed by atoms with van der Waals surface area (Å²) in [4.78, 5) is 4.17. The lowest BCUT2D eigenvalue weighted by Crippen LogP contribution is -1.98. The molecule has 0 saturated heterocycles. The molecule has 0 unspecified atom stereocenters. The Morgan fingerprint density at radius 1 is 1.14 bits per heavy atom. The summed E-state index contributed by atoms with van der Waals surface area (Å²) in [6, 6.07) is 6.32. The molecule has 0 radical (unpaired) electrons. The van der Waals surface area contributed by atoms with Crippen molar-refractivity contribution in [3.63, 3.8) is 0 Å². The van der Waals surface area contributed by atoms with Gasteiger partial charge in [-0.25, -0.2) is 13.8 Å². The standard InChI is InChI=1S/C13H12F2N2OS.C2H6/c1-8-6-7-16-13(11(8)14)17-19-10-5-3-4-9(18-2)12(10)15;1-2/h3-7H,1-2H3,(H,16,17);1-2H3. The Labute approximate surface area is 127 Å². The van der Waals surface area contributed by atoms with Crippen LogP contribution in [0.1, 0.15) is 19.4 Å². The van der Waals surface area contributed by atoms with Gasteiger partial charge in [-0.2, -0.15) is 0 Å². The number of benzene rings is 1. The van der Waals surface area contributed by atoms with E-state index in [0.717, 1.165) is 11.9 Å². The van der Waals surface area contributed by atoms with E-state index in [2.05, 4.69) is 9.71 Å². The number of methoxy groups -OCH3 is 1. The number of aromatic nitrogens is 1. The van der Waals surface area contributed by atoms with Gasteiger partial charge in [0.25, 0.3) is 0 Å². The van der Waals surface area contributed by atoms with E-state index in [1.54, 1.807) is 25.1 Å². The number of pyridine rings is 1. The third-order valence-corrected chi connectivity index (χ3v) is 3.32. The van der Waals surface area contributed by atoms with Crippen molar-refractivity contribution >= 4 is 17.8 Å². The minimum absolute atomic E-state index is 0.0761. The van der Waals surface area contributed by atoms with Crippen molar-refractivity contribution in [2.75, 3.05) is 11.8 Å². The molecule has 2 aromatic rings. The maximum absolute atomic E-state index is 13.9. The fourth-order valence-corrected chi connectivity index (χ4v) is 2.13. The van der Waals surface area contributed by atoms with Gasteiger partial charge in [-0.1, -0.05) is 19.9 Å². The van der Waals surface area contributed by atoms with Gasteiger partial charge in [0.05, 0.1) is 12.0 Å². The maximum atomic E-state index is 13.9. The number of halogens is 2. The van der Waals surface area contributed by atoms with E-state index in [0.29, 0.717) is 10.5 Å². The summed E-state index contributed by atoms with van der Waals surface area (Å²) in [6.45, 7) is 5.64. The number of nitrogens with zero attached hydrogens (tertiary/aromatic N) is 1. The van der Waals surface area contributed by atoms with Gasteiger partial charge in [0.2, 0.25) is 0 Å². The minimum atomic E-state index is -0.490. The van der Waals surface area contributed by atoms with Crippen LogP contribution in [0.15, 0.2) is 35.4 Å². The van der Waals surface area contributed by atoms with Gasteiger partial charge in [-0.05, 0) is 42.6 Å². The summed E-state index contributed by atoms with van der Waals surface area (Å²) >= 11 is 0.945. The number of hydrogen-bond acceptors (Lipinski definition) is 4. The van der Waals surface area contributed by atoms with Crippen LogP contribution in [-0.4, -0.2) is 12.1 Å². The monoisotopic (exact) mass is 312 g/mol. The summed E-state index contributed by atoms with van der Waals surface area (Å²) in [5.74, 6) is -0.717. The Kier molecular flexibility index (Phi) is 6.94. The van der Waals surface area contributed by atoms with Gasteiger partial charge in [-0.3, -0.25) is 0 Å². The second kappa shape index (κ2) is 8.46. The first-order chi connectivity index (χ1) is 10.1. The van der Waals surface area contributed by atoms with E-state index in [1.165, 1.54) is 19.4 Å². The highest BCUT2D eigenvalue weighted by atomic mass is 32.2. The molecule has 0 atom stereocenters. The van der Waals surface area contributed by atoms with Gasteiger partial charge >= 0.3 is 0 Å². The summed E-state index contributed by atoms with van der Waals surface area (Å²) in [7, 11) is 1.39. The molecule has 21 heavy (non-hydrogen) atoms. The quantitative estimate of drug-likeness (QED) is 0.821. The third-order valence-electron chi connectivity index (χ3n) is 2.49. The Hall–Kier alpha value is -1.82. The lowest BCUT2D eigenvalue weighted by atomic mass is 10.3. The first-order valence-electron chi connectivity index (χ1n) is 6.50. The van der Waals surface area contributed by atoms with E-state index in [1.807, 2.05) is 13.8 Å². The van der Waals surface area contributed by atoms with Crippen LogP contribution in [0, 0.1) is 18.6 Å². The molecular weight excluding hydrogens is 294 g/mol. The van der Waals surface area contributed by atoms with Gasteiger partial charge < -0.3 is 9.46 Å². The largest absolute Gasteiger partial charge is 0.494 e. The summed E-state index contributed by atoms with van der Waals surface area (Å²) < 4.78 is 35.1. The molecule has 0 aliphatic rings. The maximum Gasteiger partial charge on any atom is 0.180 e. The third kappa shape index (κ3) is 4.32. The molecule has 1 aromatic heterocycles. The molecule has 0 amide bonds. The lowest BCUT2D eigenvalue weighted by molar-refractivity contribution is 0.381. The number of hydrogen-bond donors (Lipinski definition) is 1. The predicted octanol–water partition coefficient (Wildman–Crippen LogP) is 4.82. The SMILES string of the molecule is CC.COc1cccc(SNc2nccc(C)c2F)c1F. The highest BCUT2D eigenvalue weighted by Crippen LogP contribution is 2.29. The first kappa shape index (κ1) is 17.2. The zero-order valence-electron chi connectivity index (χ0n) is 12.4. The van der Waals surface area contributed by atoms with Crippen LogP contribution >= 0.6 is 11.9 Å². The van der Waals surface area contributed by atoms with E-state index in [9.17, 15) is 8.78 Å². The highest BCUT2D eigenvalue weighted by molar-refractivity contribution is 8.00. The van der Waals surface area contributed by atoms with Gasteiger partial charge in [0.15, 0.2) is 23.2 Å². The Morgan fingerprint density at radius 2 is 1.86 bits per heavy atom. The van der Waals surface area contributed by atoms with E-state index in [4.69, 9.17) is 4.74 Å². The zero-order chi connectivity index (χ0) is 15.8. The molecule has 2 rings (SSSR count). The molecule has 1 aromatic carbocycles. The Balaban J connectivity index is 0.00000106. The molecule has 0 spiro atoms. The van der Waals surface area contributed by atoms with Crippen molar-refractivity contribution in [3.8, 4) is 5.75 Å². The summed E-state index contributed by atoms with van der Waals surface area (Å²) in [5, 5.41) is 0. The molecule has 3 nitrogen and oxygen atoms in total. The normalized spacial score (nSPS) is 9.62. The summed E-state index contributed by atoms with van der Waals surface area (Å²) in [6.07, 6.45) is 1.49. The average Bonchev–Trinajstić information content (AvgIpc) is 2.52. The lowest BCUT2D eigenvalue weighted by Gasteiger charge is -2.09. The van der Waals surface area contributed by atoms with Crippen molar-refractivity contribution in [1.29, 1.82) is 0 Å². The fraction of sp³-hybridized carbons (Fsp3) is 0.267. The minimum Gasteiger partial charge on any atom is -0.494 e. The molecule has 1 heterocycles. The average molecular weight is 312 g/mol. The van der Waals surface area contributed by atoms with Crippen LogP contribution in [0.2, 0.25) is 0 Å². The van der Waals surface area contributed by atoms with Crippen molar-refractivity contribution in [2.24, 2.45) is 0 Å². The highest BCUT2D eigenvalue weighted by Gasteiger charge is 2.11. The Bertz CT molecular complexity index is 594. The van der Waals surface area contributed by atoms with Gasteiger partial charge in [0, 0.05) is 6.20 Å². The predicted molar refractivity (Wildman–Crippen MR) is 82.7 cm³/mol. The molecule has 1 N–H and O–H groups in total. The number of rotatable bonds is 4. The number of nitrogens with one attached hydrogen (secondary N) is 1. The molecular formula is C15H18F2N2OS. The number of aryl methyl sites for hydroxylation is 1. The molecule has 0 aliphatic carbocycles. The molecule has 0 saturated carbocycles. The smallest absolute Gasteiger partial charge is 0.180 e. The molecule has 0 bridgehead atoms. The van der Waals surface area contributed by atoms with E-state index >= 15 is 0 Å². The first-order valence-corrected chi connectivity index (χ1v) is 7.31. The van der Waals surface area contributed by atoms with Crippen molar-refractivity contribution in [1.82, 2.24) is 4.98 Å². The van der Waals surface area contributed by atoms with Crippen LogP contribution in [-0.2, 0) is 0 Å². The van der Waals surface area contributed by atoms with Crippen molar-refractivity contribution < 1.29 is 13.5 Å². The second-order valence-electron chi connectivity index (χ2n) is 3.77. The zero-order valence-corrected chi connectivity index (χ0v) is 13.2. The van der Waals surface area contributed by atoms with Crippen molar-refractivity contribution in [2.45, 2.75) is 25.7 Å². The Morgan fingerprint density at radius 3 is 2.52 bits per heavy atom. The number of anilines is 1. The van der Waals surface area contributed by atoms with Crippen LogP contribution < -0.4 is 9.46 Å². The van der Waals surface area contributed by atoms with Crippen LogP contribution in [0.3, 0.4) is 0 Å². The van der Waals surface area contributed by atoms with Crippen molar-refractivity contribution in [3.05, 3.63) is 47.7 Å². The molecule has 0 fully saturated rings. The van der Waals surface area contributed by atoms with Crippen LogP contribution in [0.4, 0.5) is 14.6 Å². The summed E-state index contributed by atoms with van der Waals surface area (Å²) in [5.41, 5.74) is 0.476. The fourth-order valence-electron chi connectivity index (χ4n) is 1.44. The molecule has 6 heteroatoms. The molecule has 114 valence electrons. The van der Waals surface area contributed by atoms with Crippen LogP contribution in [0.25, 0.3) is 0 Å².